The van der Waals surface area contributed by atoms with E-state index >= 15 is 0 Å². The van der Waals surface area contributed by atoms with Gasteiger partial charge in [0.2, 0.25) is 0 Å². The maximum Gasteiger partial charge on any atom is 0.265 e. The summed E-state index contributed by atoms with van der Waals surface area (Å²) < 4.78 is 20.3. The molecule has 2 heterocycles. The second kappa shape index (κ2) is 8.55. The van der Waals surface area contributed by atoms with Gasteiger partial charge in [0.05, 0.1) is 20.6 Å². The smallest absolute Gasteiger partial charge is 0.265 e. The highest BCUT2D eigenvalue weighted by Gasteiger charge is 2.29. The van der Waals surface area contributed by atoms with E-state index in [-0.39, 0.29) is 24.2 Å². The third kappa shape index (κ3) is 4.32. The average molecular weight is 483 g/mol. The SMILES string of the molecule is O=C1NC(=S)SC1=Cc1cc(F)c2c(c1)N(CCc1ccc(Cl)c(Cl)c1)C(=O)CO2. The molecule has 0 radical (unpaired) electrons. The van der Waals surface area contributed by atoms with Gasteiger partial charge in [-0.25, -0.2) is 4.39 Å². The Balaban J connectivity index is 1.64. The number of benzene rings is 2. The van der Waals surface area contributed by atoms with E-state index in [9.17, 15) is 14.0 Å². The molecule has 0 aromatic heterocycles. The fourth-order valence-corrected chi connectivity index (χ4v) is 4.49. The van der Waals surface area contributed by atoms with Gasteiger partial charge < -0.3 is 15.0 Å². The number of fused-ring (bicyclic) bond motifs is 1. The fourth-order valence-electron chi connectivity index (χ4n) is 3.13. The van der Waals surface area contributed by atoms with Crippen molar-refractivity contribution in [3.63, 3.8) is 0 Å². The second-order valence-electron chi connectivity index (χ2n) is 6.54. The summed E-state index contributed by atoms with van der Waals surface area (Å²) in [6.45, 7) is 0.0458. The monoisotopic (exact) mass is 482 g/mol. The molecular weight excluding hydrogens is 470 g/mol. The molecule has 5 nitrogen and oxygen atoms in total. The van der Waals surface area contributed by atoms with Gasteiger partial charge >= 0.3 is 0 Å². The lowest BCUT2D eigenvalue weighted by Crippen LogP contribution is -2.40. The lowest BCUT2D eigenvalue weighted by atomic mass is 10.1. The van der Waals surface area contributed by atoms with Crippen LogP contribution in [0.15, 0.2) is 35.2 Å². The quantitative estimate of drug-likeness (QED) is 0.510. The van der Waals surface area contributed by atoms with Crippen molar-refractivity contribution in [2.75, 3.05) is 18.1 Å². The molecule has 2 aliphatic heterocycles. The summed E-state index contributed by atoms with van der Waals surface area (Å²) in [6, 6.07) is 8.11. The van der Waals surface area contributed by atoms with Gasteiger partial charge in [0.1, 0.15) is 4.32 Å². The number of anilines is 1. The van der Waals surface area contributed by atoms with Crippen molar-refractivity contribution in [1.29, 1.82) is 0 Å². The third-order valence-corrected chi connectivity index (χ3v) is 6.43. The molecule has 1 N–H and O–H groups in total. The van der Waals surface area contributed by atoms with E-state index < -0.39 is 5.82 Å². The number of hydrogen-bond acceptors (Lipinski definition) is 5. The first-order chi connectivity index (χ1) is 14.3. The molecule has 0 aliphatic carbocycles. The highest BCUT2D eigenvalue weighted by atomic mass is 35.5. The first-order valence-corrected chi connectivity index (χ1v) is 10.8. The molecule has 2 aliphatic rings. The summed E-state index contributed by atoms with van der Waals surface area (Å²) in [4.78, 5) is 26.2. The Morgan fingerprint density at radius 3 is 2.73 bits per heavy atom. The van der Waals surface area contributed by atoms with Crippen LogP contribution < -0.4 is 15.0 Å². The van der Waals surface area contributed by atoms with Crippen LogP contribution in [0.3, 0.4) is 0 Å². The maximum absolute atomic E-state index is 14.7. The van der Waals surface area contributed by atoms with Crippen molar-refractivity contribution < 1.29 is 18.7 Å². The van der Waals surface area contributed by atoms with Crippen LogP contribution >= 0.6 is 47.2 Å². The fraction of sp³-hybridized carbons (Fsp3) is 0.150. The van der Waals surface area contributed by atoms with Gasteiger partial charge in [0.15, 0.2) is 18.2 Å². The molecular formula is C20H13Cl2FN2O3S2. The van der Waals surface area contributed by atoms with Crippen LogP contribution in [0.1, 0.15) is 11.1 Å². The number of carbonyl (C=O) groups is 2. The molecule has 10 heteroatoms. The Morgan fingerprint density at radius 1 is 1.23 bits per heavy atom. The predicted octanol–water partition coefficient (Wildman–Crippen LogP) is 4.59. The molecule has 1 saturated heterocycles. The molecule has 4 rings (SSSR count). The number of thioether (sulfide) groups is 1. The molecule has 0 spiro atoms. The number of amides is 2. The molecule has 0 bridgehead atoms. The zero-order valence-corrected chi connectivity index (χ0v) is 18.4. The van der Waals surface area contributed by atoms with E-state index in [0.29, 0.717) is 43.5 Å². The van der Waals surface area contributed by atoms with Gasteiger partial charge in [-0.3, -0.25) is 9.59 Å². The summed E-state index contributed by atoms with van der Waals surface area (Å²) in [7, 11) is 0. The van der Waals surface area contributed by atoms with Gasteiger partial charge in [-0.2, -0.15) is 0 Å². The summed E-state index contributed by atoms with van der Waals surface area (Å²) in [6.07, 6.45) is 2.01. The minimum atomic E-state index is -0.614. The van der Waals surface area contributed by atoms with Gasteiger partial charge in [-0.1, -0.05) is 53.2 Å². The topological polar surface area (TPSA) is 58.6 Å². The number of halogens is 3. The van der Waals surface area contributed by atoms with Crippen molar-refractivity contribution >= 4 is 75.1 Å². The third-order valence-electron chi connectivity index (χ3n) is 4.53. The van der Waals surface area contributed by atoms with Gasteiger partial charge in [0.25, 0.3) is 11.8 Å². The Labute approximate surface area is 191 Å². The Bertz CT molecular complexity index is 1120. The number of thiocarbonyl (C=S) groups is 1. The molecule has 0 unspecified atom stereocenters. The molecule has 0 atom stereocenters. The lowest BCUT2D eigenvalue weighted by Gasteiger charge is -2.30. The van der Waals surface area contributed by atoms with Crippen molar-refractivity contribution in [2.24, 2.45) is 0 Å². The molecule has 1 fully saturated rings. The first kappa shape index (κ1) is 21.1. The molecule has 0 saturated carbocycles. The lowest BCUT2D eigenvalue weighted by molar-refractivity contribution is -0.121. The van der Waals surface area contributed by atoms with Crippen LogP contribution in [0.4, 0.5) is 10.1 Å². The number of nitrogens with one attached hydrogen (secondary N) is 1. The standard InChI is InChI=1S/C20H13Cl2FN2O3S2/c21-12-2-1-10(5-13(12)22)3-4-25-15-7-11(8-16-19(27)24-20(29)30-16)6-14(23)18(15)28-9-17(25)26/h1-2,5-8H,3-4,9H2,(H,24,27,29). The molecule has 2 aromatic carbocycles. The van der Waals surface area contributed by atoms with E-state index in [2.05, 4.69) is 5.32 Å². The zero-order valence-electron chi connectivity index (χ0n) is 15.2. The molecule has 154 valence electrons. The summed E-state index contributed by atoms with van der Waals surface area (Å²) in [5.41, 5.74) is 1.62. The van der Waals surface area contributed by atoms with Crippen LogP contribution in [-0.2, 0) is 16.0 Å². The van der Waals surface area contributed by atoms with E-state index in [1.165, 1.54) is 17.0 Å². The van der Waals surface area contributed by atoms with Crippen molar-refractivity contribution in [3.05, 3.63) is 62.2 Å². The average Bonchev–Trinajstić information content (AvgIpc) is 3.00. The highest BCUT2D eigenvalue weighted by Crippen LogP contribution is 2.37. The zero-order chi connectivity index (χ0) is 21.4. The largest absolute Gasteiger partial charge is 0.478 e. The van der Waals surface area contributed by atoms with Gasteiger partial charge in [0, 0.05) is 6.54 Å². The summed E-state index contributed by atoms with van der Waals surface area (Å²) in [5.74, 6) is -1.24. The number of ether oxygens (including phenoxy) is 1. The summed E-state index contributed by atoms with van der Waals surface area (Å²) in [5, 5.41) is 3.38. The minimum absolute atomic E-state index is 0.00457. The van der Waals surface area contributed by atoms with Gasteiger partial charge in [-0.15, -0.1) is 0 Å². The number of hydrogen-bond donors (Lipinski definition) is 1. The van der Waals surface area contributed by atoms with Crippen LogP contribution in [0, 0.1) is 5.82 Å². The Kier molecular flexibility index (Phi) is 6.02. The van der Waals surface area contributed by atoms with Crippen LogP contribution in [0.5, 0.6) is 5.75 Å². The predicted molar refractivity (Wildman–Crippen MR) is 121 cm³/mol. The normalized spacial score (nSPS) is 17.2. The van der Waals surface area contributed by atoms with Crippen LogP contribution in [0.2, 0.25) is 10.0 Å². The van der Waals surface area contributed by atoms with Crippen LogP contribution in [-0.4, -0.2) is 29.3 Å². The number of rotatable bonds is 4. The number of carbonyl (C=O) groups excluding carboxylic acids is 2. The number of nitrogens with zero attached hydrogens (tertiary/aromatic N) is 1. The molecule has 30 heavy (non-hydrogen) atoms. The van der Waals surface area contributed by atoms with E-state index in [1.54, 1.807) is 18.2 Å². The Morgan fingerprint density at radius 2 is 2.03 bits per heavy atom. The minimum Gasteiger partial charge on any atom is -0.478 e. The van der Waals surface area contributed by atoms with Crippen molar-refractivity contribution in [1.82, 2.24) is 5.32 Å². The van der Waals surface area contributed by atoms with E-state index in [4.69, 9.17) is 40.2 Å². The molecule has 2 aromatic rings. The van der Waals surface area contributed by atoms with Crippen molar-refractivity contribution in [3.8, 4) is 5.75 Å². The molecule has 2 amide bonds. The van der Waals surface area contributed by atoms with Crippen molar-refractivity contribution in [2.45, 2.75) is 6.42 Å². The highest BCUT2D eigenvalue weighted by molar-refractivity contribution is 8.26. The summed E-state index contributed by atoms with van der Waals surface area (Å²) >= 11 is 18.1. The maximum atomic E-state index is 14.7. The first-order valence-electron chi connectivity index (χ1n) is 8.77. The second-order valence-corrected chi connectivity index (χ2v) is 9.07. The Hall–Kier alpha value is -2.13. The van der Waals surface area contributed by atoms with Gasteiger partial charge in [-0.05, 0) is 47.9 Å². The van der Waals surface area contributed by atoms with E-state index in [1.807, 2.05) is 6.07 Å². The van der Waals surface area contributed by atoms with Crippen LogP contribution in [0.25, 0.3) is 6.08 Å². The van der Waals surface area contributed by atoms with E-state index in [0.717, 1.165) is 17.3 Å².